The van der Waals surface area contributed by atoms with Crippen molar-refractivity contribution in [2.45, 2.75) is 45.9 Å². The fourth-order valence-corrected chi connectivity index (χ4v) is 2.54. The summed E-state index contributed by atoms with van der Waals surface area (Å²) in [7, 11) is 0. The Morgan fingerprint density at radius 2 is 1.92 bits per heavy atom. The van der Waals surface area contributed by atoms with Gasteiger partial charge in [0.05, 0.1) is 24.4 Å². The van der Waals surface area contributed by atoms with Crippen molar-refractivity contribution >= 4 is 11.6 Å². The van der Waals surface area contributed by atoms with Crippen LogP contribution in [0.3, 0.4) is 0 Å². The number of ether oxygens (including phenoxy) is 2. The van der Waals surface area contributed by atoms with Gasteiger partial charge in [0.2, 0.25) is 0 Å². The summed E-state index contributed by atoms with van der Waals surface area (Å²) >= 11 is 6.14. The zero-order valence-electron chi connectivity index (χ0n) is 15.5. The van der Waals surface area contributed by atoms with Crippen molar-refractivity contribution in [1.29, 1.82) is 0 Å². The molecule has 1 aromatic carbocycles. The fourth-order valence-electron chi connectivity index (χ4n) is 2.36. The Kier molecular flexibility index (Phi) is 6.78. The van der Waals surface area contributed by atoms with Crippen LogP contribution in [-0.2, 0) is 16.9 Å². The Hall–Kier alpha value is -1.92. The molecule has 0 saturated heterocycles. The molecule has 1 aromatic heterocycles. The molecule has 0 N–H and O–H groups in total. The van der Waals surface area contributed by atoms with E-state index in [4.69, 9.17) is 21.1 Å². The molecule has 1 atom stereocenters. The summed E-state index contributed by atoms with van der Waals surface area (Å²) in [6, 6.07) is 7.59. The summed E-state index contributed by atoms with van der Waals surface area (Å²) < 4.78 is 24.5. The maximum atomic E-state index is 12.3. The molecule has 142 valence electrons. The first-order valence-corrected chi connectivity index (χ1v) is 8.79. The van der Waals surface area contributed by atoms with Gasteiger partial charge in [-0.2, -0.15) is 5.10 Å². The molecule has 0 fully saturated rings. The third kappa shape index (κ3) is 5.05. The molecular formula is C19H24ClFN2O3. The highest BCUT2D eigenvalue weighted by Crippen LogP contribution is 2.22. The Morgan fingerprint density at radius 1 is 1.27 bits per heavy atom. The molecule has 1 unspecified atom stereocenters. The minimum Gasteiger partial charge on any atom is -0.485 e. The topological polar surface area (TPSA) is 53.4 Å². The molecule has 2 rings (SSSR count). The lowest BCUT2D eigenvalue weighted by molar-refractivity contribution is 0.0558. The van der Waals surface area contributed by atoms with Gasteiger partial charge in [0.15, 0.2) is 10.8 Å². The van der Waals surface area contributed by atoms with Crippen LogP contribution in [0.1, 0.15) is 44.9 Å². The predicted molar refractivity (Wildman–Crippen MR) is 99.6 cm³/mol. The molecule has 26 heavy (non-hydrogen) atoms. The summed E-state index contributed by atoms with van der Waals surface area (Å²) in [6.07, 6.45) is 1.28. The van der Waals surface area contributed by atoms with Crippen LogP contribution in [0.2, 0.25) is 5.02 Å². The second-order valence-electron chi connectivity index (χ2n) is 6.94. The van der Waals surface area contributed by atoms with Gasteiger partial charge < -0.3 is 9.47 Å². The molecule has 0 bridgehead atoms. The predicted octanol–water partition coefficient (Wildman–Crippen LogP) is 4.28. The van der Waals surface area contributed by atoms with Crippen molar-refractivity contribution < 1.29 is 13.9 Å². The highest BCUT2D eigenvalue weighted by atomic mass is 35.5. The van der Waals surface area contributed by atoms with Gasteiger partial charge in [0.1, 0.15) is 13.3 Å². The molecule has 5 nitrogen and oxygen atoms in total. The van der Waals surface area contributed by atoms with E-state index in [9.17, 15) is 9.18 Å². The van der Waals surface area contributed by atoms with E-state index in [1.54, 1.807) is 0 Å². The Labute approximate surface area is 157 Å². The second kappa shape index (κ2) is 8.64. The number of aromatic nitrogens is 2. The van der Waals surface area contributed by atoms with Gasteiger partial charge in [-0.05, 0) is 38.8 Å². The first-order valence-electron chi connectivity index (χ1n) is 8.41. The maximum absolute atomic E-state index is 12.3. The minimum absolute atomic E-state index is 0.0137. The zero-order chi connectivity index (χ0) is 19.3. The van der Waals surface area contributed by atoms with Gasteiger partial charge in [-0.25, -0.2) is 9.07 Å². The molecule has 0 radical (unpaired) electrons. The van der Waals surface area contributed by atoms with E-state index in [1.807, 2.05) is 52.0 Å². The van der Waals surface area contributed by atoms with Crippen molar-refractivity contribution in [1.82, 2.24) is 9.78 Å². The number of hydrogen-bond donors (Lipinski definition) is 0. The molecular weight excluding hydrogens is 359 g/mol. The third-order valence-electron chi connectivity index (χ3n) is 3.81. The number of hydrogen-bond acceptors (Lipinski definition) is 4. The van der Waals surface area contributed by atoms with Crippen LogP contribution in [0, 0.1) is 0 Å². The third-order valence-corrected chi connectivity index (χ3v) is 4.16. The first-order chi connectivity index (χ1) is 12.2. The van der Waals surface area contributed by atoms with Gasteiger partial charge in [-0.1, -0.05) is 35.9 Å². The van der Waals surface area contributed by atoms with Gasteiger partial charge in [-0.15, -0.1) is 0 Å². The van der Waals surface area contributed by atoms with E-state index < -0.39 is 12.2 Å². The maximum Gasteiger partial charge on any atom is 0.289 e. The quantitative estimate of drug-likeness (QED) is 0.717. The Bertz CT molecular complexity index is 785. The smallest absolute Gasteiger partial charge is 0.289 e. The Morgan fingerprint density at radius 3 is 2.50 bits per heavy atom. The number of halogens is 2. The molecule has 0 amide bonds. The molecule has 2 aromatic rings. The van der Waals surface area contributed by atoms with Crippen LogP contribution in [-0.4, -0.2) is 23.1 Å². The average Bonchev–Trinajstić information content (AvgIpc) is 2.60. The van der Waals surface area contributed by atoms with Crippen LogP contribution in [0.15, 0.2) is 35.3 Å². The molecule has 1 heterocycles. The average molecular weight is 383 g/mol. The summed E-state index contributed by atoms with van der Waals surface area (Å²) in [5.74, 6) is 0.251. The van der Waals surface area contributed by atoms with E-state index in [0.29, 0.717) is 0 Å². The number of benzene rings is 1. The van der Waals surface area contributed by atoms with Crippen LogP contribution >= 0.6 is 11.6 Å². The lowest BCUT2D eigenvalue weighted by Crippen LogP contribution is -2.36. The normalized spacial score (nSPS) is 12.8. The second-order valence-corrected chi connectivity index (χ2v) is 7.32. The van der Waals surface area contributed by atoms with Gasteiger partial charge in [-0.3, -0.25) is 4.79 Å². The molecule has 0 aliphatic heterocycles. The van der Waals surface area contributed by atoms with Crippen LogP contribution in [0.4, 0.5) is 4.39 Å². The number of rotatable bonds is 7. The summed E-state index contributed by atoms with van der Waals surface area (Å²) in [4.78, 5) is 12.3. The number of alkyl halides is 1. The highest BCUT2D eigenvalue weighted by Gasteiger charge is 2.20. The molecule has 0 aliphatic rings. The van der Waals surface area contributed by atoms with E-state index in [2.05, 4.69) is 5.10 Å². The van der Waals surface area contributed by atoms with E-state index >= 15 is 0 Å². The minimum atomic E-state index is -0.501. The molecule has 7 heteroatoms. The van der Waals surface area contributed by atoms with Crippen molar-refractivity contribution in [2.75, 3.05) is 13.3 Å². The van der Waals surface area contributed by atoms with Gasteiger partial charge in [0.25, 0.3) is 5.56 Å². The molecule has 0 aliphatic carbocycles. The standard InChI is InChI=1S/C19H24ClFN2O3/c1-13(25-10-9-21)15-7-5-14(6-8-15)12-26-16-11-22-23(19(2,3)4)18(24)17(16)20/h5-8,11,13H,9-10,12H2,1-4H3. The van der Waals surface area contributed by atoms with Crippen LogP contribution in [0.25, 0.3) is 0 Å². The van der Waals surface area contributed by atoms with E-state index in [-0.39, 0.29) is 35.6 Å². The summed E-state index contributed by atoms with van der Waals surface area (Å²) in [5, 5.41) is 4.15. The van der Waals surface area contributed by atoms with Crippen molar-refractivity contribution in [2.24, 2.45) is 0 Å². The lowest BCUT2D eigenvalue weighted by atomic mass is 10.1. The zero-order valence-corrected chi connectivity index (χ0v) is 16.2. The largest absolute Gasteiger partial charge is 0.485 e. The van der Waals surface area contributed by atoms with Crippen LogP contribution in [0.5, 0.6) is 5.75 Å². The Balaban J connectivity index is 2.05. The first kappa shape index (κ1) is 20.4. The van der Waals surface area contributed by atoms with Crippen LogP contribution < -0.4 is 10.3 Å². The van der Waals surface area contributed by atoms with Crippen molar-refractivity contribution in [3.63, 3.8) is 0 Å². The van der Waals surface area contributed by atoms with Gasteiger partial charge >= 0.3 is 0 Å². The number of nitrogens with zero attached hydrogens (tertiary/aromatic N) is 2. The van der Waals surface area contributed by atoms with Crippen molar-refractivity contribution in [3.8, 4) is 5.75 Å². The molecule has 0 spiro atoms. The summed E-state index contributed by atoms with van der Waals surface area (Å²) in [5.41, 5.74) is 1.01. The SMILES string of the molecule is CC(OCCF)c1ccc(COc2cnn(C(C)(C)C)c(=O)c2Cl)cc1. The van der Waals surface area contributed by atoms with E-state index in [1.165, 1.54) is 10.9 Å². The summed E-state index contributed by atoms with van der Waals surface area (Å²) in [6.45, 7) is 7.32. The fraction of sp³-hybridized carbons (Fsp3) is 0.474. The highest BCUT2D eigenvalue weighted by molar-refractivity contribution is 6.31. The molecule has 0 saturated carbocycles. The monoisotopic (exact) mass is 382 g/mol. The van der Waals surface area contributed by atoms with E-state index in [0.717, 1.165) is 11.1 Å². The van der Waals surface area contributed by atoms with Gasteiger partial charge in [0, 0.05) is 0 Å². The van der Waals surface area contributed by atoms with Crippen molar-refractivity contribution in [3.05, 3.63) is 57.0 Å². The lowest BCUT2D eigenvalue weighted by Gasteiger charge is -2.21.